The van der Waals surface area contributed by atoms with E-state index >= 15 is 0 Å². The van der Waals surface area contributed by atoms with Crippen LogP contribution in [0.2, 0.25) is 0 Å². The van der Waals surface area contributed by atoms with Crippen molar-refractivity contribution >= 4 is 6.34 Å². The number of rotatable bonds is 5. The highest BCUT2D eigenvalue weighted by Gasteiger charge is 2.73. The highest BCUT2D eigenvalue weighted by molar-refractivity contribution is 5.58. The standard InChI is InChI=1S/C10H11F10N3/c1-2-3-4-23-6(7(11,12)8(13,14)15)22(5-21-23)10(19,20)9(16,17)18/h5-6H,2-4H2,1H3. The Morgan fingerprint density at radius 3 is 1.83 bits per heavy atom. The van der Waals surface area contributed by atoms with Crippen molar-refractivity contribution in [2.24, 2.45) is 5.10 Å². The van der Waals surface area contributed by atoms with Crippen LogP contribution in [0.4, 0.5) is 43.9 Å². The van der Waals surface area contributed by atoms with E-state index in [2.05, 4.69) is 5.10 Å². The lowest BCUT2D eigenvalue weighted by atomic mass is 10.2. The van der Waals surface area contributed by atoms with E-state index in [4.69, 9.17) is 0 Å². The molecule has 1 aliphatic heterocycles. The van der Waals surface area contributed by atoms with Crippen LogP contribution in [0, 0.1) is 0 Å². The smallest absolute Gasteiger partial charge is 0.266 e. The second kappa shape index (κ2) is 5.89. The summed E-state index contributed by atoms with van der Waals surface area (Å²) in [6, 6.07) is -5.95. The summed E-state index contributed by atoms with van der Waals surface area (Å²) in [7, 11) is 0. The lowest BCUT2D eigenvalue weighted by Gasteiger charge is -2.39. The Morgan fingerprint density at radius 1 is 0.913 bits per heavy atom. The number of halogens is 10. The zero-order valence-electron chi connectivity index (χ0n) is 11.4. The molecule has 1 rings (SSSR count). The third-order valence-electron chi connectivity index (χ3n) is 2.98. The maximum Gasteiger partial charge on any atom is 0.475 e. The summed E-state index contributed by atoms with van der Waals surface area (Å²) in [6.45, 7) is 0.868. The molecular formula is C10H11F10N3. The number of nitrogens with zero attached hydrogens (tertiary/aromatic N) is 3. The summed E-state index contributed by atoms with van der Waals surface area (Å²) in [6.07, 6.45) is -16.5. The average Bonchev–Trinajstić information content (AvgIpc) is 2.78. The second-order valence-electron chi connectivity index (χ2n) is 4.69. The summed E-state index contributed by atoms with van der Waals surface area (Å²) in [4.78, 5) is -1.41. The molecule has 0 saturated heterocycles. The predicted octanol–water partition coefficient (Wildman–Crippen LogP) is 4.03. The summed E-state index contributed by atoms with van der Waals surface area (Å²) in [5.41, 5.74) is 0. The molecule has 1 aliphatic rings. The van der Waals surface area contributed by atoms with E-state index in [1.165, 1.54) is 6.92 Å². The first kappa shape index (κ1) is 19.6. The normalized spacial score (nSPS) is 20.6. The molecule has 0 aromatic carbocycles. The fourth-order valence-electron chi connectivity index (χ4n) is 1.77. The van der Waals surface area contributed by atoms with Crippen LogP contribution in [-0.2, 0) is 0 Å². The number of hydrogen-bond donors (Lipinski definition) is 0. The van der Waals surface area contributed by atoms with E-state index in [0.29, 0.717) is 0 Å². The lowest BCUT2D eigenvalue weighted by molar-refractivity contribution is -0.368. The number of hydrazone groups is 1. The van der Waals surface area contributed by atoms with E-state index in [1.54, 1.807) is 0 Å². The molecule has 3 nitrogen and oxygen atoms in total. The quantitative estimate of drug-likeness (QED) is 0.543. The van der Waals surface area contributed by atoms with Crippen molar-refractivity contribution in [3.05, 3.63) is 0 Å². The molecule has 136 valence electrons. The Kier molecular flexibility index (Phi) is 5.02. The molecule has 1 unspecified atom stereocenters. The van der Waals surface area contributed by atoms with Crippen molar-refractivity contribution in [3.8, 4) is 0 Å². The third kappa shape index (κ3) is 3.42. The number of hydrogen-bond acceptors (Lipinski definition) is 3. The molecule has 0 spiro atoms. The van der Waals surface area contributed by atoms with Gasteiger partial charge in [-0.05, 0) is 6.42 Å². The van der Waals surface area contributed by atoms with Gasteiger partial charge in [0.15, 0.2) is 6.17 Å². The van der Waals surface area contributed by atoms with Crippen molar-refractivity contribution in [2.45, 2.75) is 50.3 Å². The minimum atomic E-state index is -6.36. The fourth-order valence-corrected chi connectivity index (χ4v) is 1.77. The first-order valence-corrected chi connectivity index (χ1v) is 6.16. The molecule has 0 aromatic rings. The van der Waals surface area contributed by atoms with Gasteiger partial charge in [-0.3, -0.25) is 9.91 Å². The molecule has 0 aliphatic carbocycles. The van der Waals surface area contributed by atoms with Gasteiger partial charge in [0.25, 0.3) is 0 Å². The van der Waals surface area contributed by atoms with Gasteiger partial charge in [0.1, 0.15) is 6.34 Å². The molecule has 1 heterocycles. The molecular weight excluding hydrogens is 352 g/mol. The monoisotopic (exact) mass is 363 g/mol. The van der Waals surface area contributed by atoms with Crippen LogP contribution in [0.15, 0.2) is 5.10 Å². The Labute approximate surface area is 123 Å². The van der Waals surface area contributed by atoms with E-state index in [9.17, 15) is 43.9 Å². The SMILES string of the molecule is CCCCN1N=CN(C(F)(F)C(F)(F)F)C1C(F)(F)C(F)(F)F. The van der Waals surface area contributed by atoms with E-state index in [-0.39, 0.29) is 24.2 Å². The van der Waals surface area contributed by atoms with E-state index < -0.39 is 41.9 Å². The van der Waals surface area contributed by atoms with Gasteiger partial charge in [-0.25, -0.2) is 0 Å². The van der Waals surface area contributed by atoms with Gasteiger partial charge in [-0.1, -0.05) is 13.3 Å². The van der Waals surface area contributed by atoms with Crippen LogP contribution in [-0.4, -0.2) is 53.3 Å². The fraction of sp³-hybridized carbons (Fsp3) is 0.900. The Balaban J connectivity index is 3.28. The van der Waals surface area contributed by atoms with Gasteiger partial charge in [-0.2, -0.15) is 49.0 Å². The molecule has 0 amide bonds. The number of alkyl halides is 10. The molecule has 0 aromatic heterocycles. The van der Waals surface area contributed by atoms with E-state index in [1.807, 2.05) is 0 Å². The molecule has 0 N–H and O–H groups in total. The van der Waals surface area contributed by atoms with Gasteiger partial charge < -0.3 is 0 Å². The van der Waals surface area contributed by atoms with Crippen LogP contribution < -0.4 is 0 Å². The highest BCUT2D eigenvalue weighted by Crippen LogP contribution is 2.48. The van der Waals surface area contributed by atoms with Gasteiger partial charge in [-0.15, -0.1) is 0 Å². The van der Waals surface area contributed by atoms with Gasteiger partial charge in [0.2, 0.25) is 0 Å². The maximum absolute atomic E-state index is 13.5. The zero-order chi connectivity index (χ0) is 18.3. The molecule has 0 fully saturated rings. The average molecular weight is 363 g/mol. The molecule has 23 heavy (non-hydrogen) atoms. The largest absolute Gasteiger partial charge is 0.475 e. The minimum Gasteiger partial charge on any atom is -0.266 e. The van der Waals surface area contributed by atoms with Crippen LogP contribution in [0.25, 0.3) is 0 Å². The lowest BCUT2D eigenvalue weighted by Crippen LogP contribution is -2.65. The van der Waals surface area contributed by atoms with Gasteiger partial charge in [0.05, 0.1) is 0 Å². The number of unbranched alkanes of at least 4 members (excludes halogenated alkanes) is 1. The molecule has 1 atom stereocenters. The van der Waals surface area contributed by atoms with Crippen molar-refractivity contribution in [1.29, 1.82) is 0 Å². The summed E-state index contributed by atoms with van der Waals surface area (Å²) in [5, 5.41) is 2.76. The first-order chi connectivity index (χ1) is 10.2. The summed E-state index contributed by atoms with van der Waals surface area (Å²) < 4.78 is 128. The Bertz CT molecular complexity index is 441. The summed E-state index contributed by atoms with van der Waals surface area (Å²) >= 11 is 0. The molecule has 0 bridgehead atoms. The molecule has 0 saturated carbocycles. The van der Waals surface area contributed by atoms with Crippen molar-refractivity contribution in [2.75, 3.05) is 6.54 Å². The predicted molar refractivity (Wildman–Crippen MR) is 57.7 cm³/mol. The van der Waals surface area contributed by atoms with Crippen LogP contribution in [0.1, 0.15) is 19.8 Å². The van der Waals surface area contributed by atoms with E-state index in [0.717, 1.165) is 0 Å². The Morgan fingerprint density at radius 2 is 1.43 bits per heavy atom. The first-order valence-electron chi connectivity index (χ1n) is 6.16. The second-order valence-corrected chi connectivity index (χ2v) is 4.69. The van der Waals surface area contributed by atoms with Crippen molar-refractivity contribution < 1.29 is 43.9 Å². The zero-order valence-corrected chi connectivity index (χ0v) is 11.4. The van der Waals surface area contributed by atoms with Crippen LogP contribution in [0.5, 0.6) is 0 Å². The van der Waals surface area contributed by atoms with Crippen LogP contribution in [0.3, 0.4) is 0 Å². The third-order valence-corrected chi connectivity index (χ3v) is 2.98. The summed E-state index contributed by atoms with van der Waals surface area (Å²) in [5.74, 6) is -5.87. The van der Waals surface area contributed by atoms with Gasteiger partial charge in [0, 0.05) is 6.54 Å². The molecule has 0 radical (unpaired) electrons. The maximum atomic E-state index is 13.5. The topological polar surface area (TPSA) is 18.8 Å². The van der Waals surface area contributed by atoms with Crippen molar-refractivity contribution in [1.82, 2.24) is 9.91 Å². The van der Waals surface area contributed by atoms with Crippen LogP contribution >= 0.6 is 0 Å². The minimum absolute atomic E-state index is 0.0345. The molecule has 13 heteroatoms. The van der Waals surface area contributed by atoms with Gasteiger partial charge >= 0.3 is 24.3 Å². The van der Waals surface area contributed by atoms with Crippen molar-refractivity contribution in [3.63, 3.8) is 0 Å². The highest BCUT2D eigenvalue weighted by atomic mass is 19.4. The Hall–Kier alpha value is -1.43.